The van der Waals surface area contributed by atoms with E-state index in [-0.39, 0.29) is 17.7 Å². The van der Waals surface area contributed by atoms with Gasteiger partial charge in [-0.15, -0.1) is 0 Å². The Hall–Kier alpha value is -3.38. The van der Waals surface area contributed by atoms with Crippen molar-refractivity contribution < 1.29 is 28.5 Å². The summed E-state index contributed by atoms with van der Waals surface area (Å²) in [7, 11) is 2.88. The lowest BCUT2D eigenvalue weighted by molar-refractivity contribution is -0.142. The predicted octanol–water partition coefficient (Wildman–Crippen LogP) is 6.97. The van der Waals surface area contributed by atoms with Gasteiger partial charge in [-0.05, 0) is 76.8 Å². The zero-order chi connectivity index (χ0) is 26.6. The molecule has 37 heavy (non-hydrogen) atoms. The van der Waals surface area contributed by atoms with Crippen LogP contribution in [0.2, 0.25) is 0 Å². The Bertz CT molecular complexity index is 1250. The molecule has 0 saturated heterocycles. The van der Waals surface area contributed by atoms with Crippen molar-refractivity contribution >= 4 is 5.97 Å². The highest BCUT2D eigenvalue weighted by atomic mass is 19.1. The van der Waals surface area contributed by atoms with Gasteiger partial charge < -0.3 is 19.3 Å². The fraction of sp³-hybridized carbons (Fsp3) is 0.387. The predicted molar refractivity (Wildman–Crippen MR) is 141 cm³/mol. The standard InChI is InChI=1S/C31H35FO5/c1-31(2)14-6-9-27(31)25-15-20(10-12-24(25)26-17-22(35-3)11-13-28(26)32)19-37-23-8-5-7-21(16-23)29(33)18-30(34)36-4/h5,7-8,10-13,15-17,27,29,33H,6,9,14,18-19H2,1-4H3/t27-,29+/m0/s1. The highest BCUT2D eigenvalue weighted by Gasteiger charge is 2.37. The summed E-state index contributed by atoms with van der Waals surface area (Å²) in [5.74, 6) is 0.754. The molecule has 2 atom stereocenters. The third-order valence-electron chi connectivity index (χ3n) is 7.45. The average molecular weight is 507 g/mol. The van der Waals surface area contributed by atoms with Gasteiger partial charge in [0, 0.05) is 5.56 Å². The molecule has 0 unspecified atom stereocenters. The second-order valence-electron chi connectivity index (χ2n) is 10.4. The second kappa shape index (κ2) is 11.3. The van der Waals surface area contributed by atoms with Crippen LogP contribution in [0.3, 0.4) is 0 Å². The van der Waals surface area contributed by atoms with Crippen LogP contribution in [0.5, 0.6) is 11.5 Å². The monoisotopic (exact) mass is 506 g/mol. The van der Waals surface area contributed by atoms with Crippen LogP contribution in [-0.2, 0) is 16.1 Å². The summed E-state index contributed by atoms with van der Waals surface area (Å²) < 4.78 is 31.1. The molecule has 5 nitrogen and oxygen atoms in total. The largest absolute Gasteiger partial charge is 0.497 e. The van der Waals surface area contributed by atoms with E-state index in [1.807, 2.05) is 18.2 Å². The molecule has 0 heterocycles. The smallest absolute Gasteiger partial charge is 0.308 e. The van der Waals surface area contributed by atoms with E-state index < -0.39 is 12.1 Å². The molecule has 3 aromatic rings. The van der Waals surface area contributed by atoms with Crippen molar-refractivity contribution in [2.24, 2.45) is 5.41 Å². The van der Waals surface area contributed by atoms with Gasteiger partial charge in [0.15, 0.2) is 0 Å². The second-order valence-corrected chi connectivity index (χ2v) is 10.4. The van der Waals surface area contributed by atoms with Gasteiger partial charge in [0.2, 0.25) is 0 Å². The van der Waals surface area contributed by atoms with Gasteiger partial charge in [0.25, 0.3) is 0 Å². The van der Waals surface area contributed by atoms with E-state index in [9.17, 15) is 14.3 Å². The number of halogens is 1. The number of methoxy groups -OCH3 is 2. The van der Waals surface area contributed by atoms with Crippen LogP contribution in [0, 0.1) is 11.2 Å². The molecule has 1 aliphatic rings. The lowest BCUT2D eigenvalue weighted by Crippen LogP contribution is -2.17. The average Bonchev–Trinajstić information content (AvgIpc) is 3.26. The van der Waals surface area contributed by atoms with E-state index in [1.165, 1.54) is 13.2 Å². The summed E-state index contributed by atoms with van der Waals surface area (Å²) >= 11 is 0. The first-order chi connectivity index (χ1) is 17.7. The summed E-state index contributed by atoms with van der Waals surface area (Å²) in [6.07, 6.45) is 2.22. The maximum absolute atomic E-state index is 15.0. The van der Waals surface area contributed by atoms with E-state index >= 15 is 0 Å². The van der Waals surface area contributed by atoms with Crippen molar-refractivity contribution in [1.29, 1.82) is 0 Å². The van der Waals surface area contributed by atoms with Crippen LogP contribution in [0.4, 0.5) is 4.39 Å². The summed E-state index contributed by atoms with van der Waals surface area (Å²) in [5.41, 5.74) is 4.21. The minimum Gasteiger partial charge on any atom is -0.497 e. The maximum Gasteiger partial charge on any atom is 0.308 e. The number of aliphatic hydroxyl groups is 1. The molecule has 1 aliphatic carbocycles. The van der Waals surface area contributed by atoms with Gasteiger partial charge in [-0.1, -0.05) is 50.6 Å². The van der Waals surface area contributed by atoms with Crippen LogP contribution < -0.4 is 9.47 Å². The Morgan fingerprint density at radius 2 is 1.86 bits per heavy atom. The van der Waals surface area contributed by atoms with Gasteiger partial charge in [-0.3, -0.25) is 4.79 Å². The molecule has 1 fully saturated rings. The van der Waals surface area contributed by atoms with E-state index in [0.29, 0.717) is 35.2 Å². The molecular formula is C31H35FO5. The van der Waals surface area contributed by atoms with Crippen LogP contribution in [0.25, 0.3) is 11.1 Å². The zero-order valence-electron chi connectivity index (χ0n) is 21.9. The Morgan fingerprint density at radius 3 is 2.57 bits per heavy atom. The molecule has 0 bridgehead atoms. The van der Waals surface area contributed by atoms with Crippen LogP contribution in [-0.4, -0.2) is 25.3 Å². The van der Waals surface area contributed by atoms with Crippen molar-refractivity contribution in [3.05, 3.63) is 83.2 Å². The van der Waals surface area contributed by atoms with E-state index in [2.05, 4.69) is 24.7 Å². The molecular weight excluding hydrogens is 471 g/mol. The fourth-order valence-electron chi connectivity index (χ4n) is 5.31. The minimum absolute atomic E-state index is 0.105. The molecule has 0 radical (unpaired) electrons. The SMILES string of the molecule is COC(=O)C[C@@H](O)c1cccc(OCc2ccc(-c3cc(OC)ccc3F)c([C@@H]3CCCC3(C)C)c2)c1. The Balaban J connectivity index is 1.62. The normalized spacial score (nSPS) is 17.3. The molecule has 4 rings (SSSR count). The molecule has 1 N–H and O–H groups in total. The molecule has 6 heteroatoms. The molecule has 0 aliphatic heterocycles. The first-order valence-electron chi connectivity index (χ1n) is 12.7. The van der Waals surface area contributed by atoms with Crippen molar-refractivity contribution in [2.45, 2.75) is 58.2 Å². The molecule has 1 saturated carbocycles. The maximum atomic E-state index is 15.0. The fourth-order valence-corrected chi connectivity index (χ4v) is 5.31. The van der Waals surface area contributed by atoms with Gasteiger partial charge in [0.1, 0.15) is 23.9 Å². The summed E-state index contributed by atoms with van der Waals surface area (Å²) in [6, 6.07) is 18.0. The number of aliphatic hydroxyl groups excluding tert-OH is 1. The number of hydrogen-bond donors (Lipinski definition) is 1. The first-order valence-corrected chi connectivity index (χ1v) is 12.7. The molecule has 0 spiro atoms. The zero-order valence-corrected chi connectivity index (χ0v) is 21.9. The van der Waals surface area contributed by atoms with Crippen molar-refractivity contribution in [3.63, 3.8) is 0 Å². The molecule has 0 aromatic heterocycles. The number of carbonyl (C=O) groups is 1. The number of esters is 1. The number of ether oxygens (including phenoxy) is 3. The van der Waals surface area contributed by atoms with Crippen LogP contribution in [0.15, 0.2) is 60.7 Å². The summed E-state index contributed by atoms with van der Waals surface area (Å²) in [5, 5.41) is 10.3. The molecule has 0 amide bonds. The highest BCUT2D eigenvalue weighted by Crippen LogP contribution is 2.51. The quantitative estimate of drug-likeness (QED) is 0.318. The first kappa shape index (κ1) is 26.7. The lowest BCUT2D eigenvalue weighted by Gasteiger charge is -2.30. The third kappa shape index (κ3) is 6.13. The Labute approximate surface area is 218 Å². The summed E-state index contributed by atoms with van der Waals surface area (Å²) in [6.45, 7) is 4.88. The van der Waals surface area contributed by atoms with Crippen LogP contribution >= 0.6 is 0 Å². The minimum atomic E-state index is -0.968. The van der Waals surface area contributed by atoms with Gasteiger partial charge >= 0.3 is 5.97 Å². The third-order valence-corrected chi connectivity index (χ3v) is 7.45. The molecule has 3 aromatic carbocycles. The Morgan fingerprint density at radius 1 is 1.05 bits per heavy atom. The number of hydrogen-bond acceptors (Lipinski definition) is 5. The van der Waals surface area contributed by atoms with Gasteiger partial charge in [-0.25, -0.2) is 4.39 Å². The van der Waals surface area contributed by atoms with Crippen LogP contribution in [0.1, 0.15) is 68.2 Å². The van der Waals surface area contributed by atoms with E-state index in [0.717, 1.165) is 36.0 Å². The number of benzene rings is 3. The molecule has 196 valence electrons. The highest BCUT2D eigenvalue weighted by molar-refractivity contribution is 5.71. The van der Waals surface area contributed by atoms with Crippen molar-refractivity contribution in [1.82, 2.24) is 0 Å². The van der Waals surface area contributed by atoms with Gasteiger partial charge in [0.05, 0.1) is 26.7 Å². The van der Waals surface area contributed by atoms with Crippen molar-refractivity contribution in [3.8, 4) is 22.6 Å². The van der Waals surface area contributed by atoms with E-state index in [1.54, 1.807) is 37.4 Å². The summed E-state index contributed by atoms with van der Waals surface area (Å²) in [4.78, 5) is 11.5. The lowest BCUT2D eigenvalue weighted by atomic mass is 9.75. The number of rotatable bonds is 9. The van der Waals surface area contributed by atoms with Crippen molar-refractivity contribution in [2.75, 3.05) is 14.2 Å². The topological polar surface area (TPSA) is 65.0 Å². The Kier molecular flexibility index (Phi) is 8.18. The number of carbonyl (C=O) groups excluding carboxylic acids is 1. The van der Waals surface area contributed by atoms with Gasteiger partial charge in [-0.2, -0.15) is 0 Å². The van der Waals surface area contributed by atoms with E-state index in [4.69, 9.17) is 9.47 Å².